The topological polar surface area (TPSA) is 105 Å². The fourth-order valence-corrected chi connectivity index (χ4v) is 10.4. The third-order valence-electron chi connectivity index (χ3n) is 14.5. The van der Waals surface area contributed by atoms with E-state index in [0.29, 0.717) is 23.9 Å². The number of carbonyl (C=O) groups is 1. The summed E-state index contributed by atoms with van der Waals surface area (Å²) < 4.78 is 23.8. The molecule has 0 aromatic heterocycles. The number of nitrogens with zero attached hydrogens (tertiary/aromatic N) is 1. The molecule has 9 heteroatoms. The number of hydrogen-bond donors (Lipinski definition) is 3. The third-order valence-corrected chi connectivity index (χ3v) is 15.5. The molecule has 0 bridgehead atoms. The Hall–Kier alpha value is -0.760. The number of carbonyl (C=O) groups excluding carboxylic acids is 1. The number of aliphatic hydroxyl groups is 1. The fourth-order valence-electron chi connectivity index (χ4n) is 9.63. The normalized spacial score (nSPS) is 13.9. The average Bonchev–Trinajstić information content (AvgIpc) is 3.32. The summed E-state index contributed by atoms with van der Waals surface area (Å²) in [5, 5.41) is 14.0. The number of likely N-dealkylation sites (N-methyl/N-ethyl adjacent to an activating group) is 1. The van der Waals surface area contributed by atoms with E-state index in [9.17, 15) is 19.4 Å². The number of phosphoric ester groups is 1. The first kappa shape index (κ1) is 69.2. The summed E-state index contributed by atoms with van der Waals surface area (Å²) in [7, 11) is 1.63. The standard InChI is InChI=1S/C61H123N2O6P/c1-6-8-10-12-14-16-18-20-21-22-23-24-25-26-27-28-29-30-31-32-33-34-35-36-37-38-39-40-41-43-45-47-49-51-53-55-61(65)62-59(58-69-70(66,67)68-57-56-63(3,4)5)60(64)54-52-50-48-46-44-42-19-17-15-13-11-9-7-2/h22-23,59-60,64H,6-21,24-58H2,1-5H3,(H-,62,65,66,67)/p+1/b23-22-. The number of quaternary nitrogens is 1. The van der Waals surface area contributed by atoms with Gasteiger partial charge in [0, 0.05) is 6.42 Å². The van der Waals surface area contributed by atoms with Crippen molar-refractivity contribution in [2.75, 3.05) is 40.9 Å². The second-order valence-corrected chi connectivity index (χ2v) is 24.2. The number of nitrogens with one attached hydrogen (secondary N) is 1. The number of phosphoric acid groups is 1. The minimum atomic E-state index is -4.32. The van der Waals surface area contributed by atoms with Gasteiger partial charge in [0.05, 0.1) is 39.9 Å². The first-order chi connectivity index (χ1) is 34.0. The summed E-state index contributed by atoms with van der Waals surface area (Å²) >= 11 is 0. The van der Waals surface area contributed by atoms with Crippen molar-refractivity contribution in [1.29, 1.82) is 0 Å². The van der Waals surface area contributed by atoms with Crippen molar-refractivity contribution < 1.29 is 32.9 Å². The summed E-state index contributed by atoms with van der Waals surface area (Å²) in [5.41, 5.74) is 0. The van der Waals surface area contributed by atoms with E-state index >= 15 is 0 Å². The Morgan fingerprint density at radius 2 is 0.771 bits per heavy atom. The maximum absolute atomic E-state index is 13.0. The Morgan fingerprint density at radius 3 is 1.10 bits per heavy atom. The van der Waals surface area contributed by atoms with Crippen LogP contribution in [0.5, 0.6) is 0 Å². The molecule has 3 atom stereocenters. The summed E-state index contributed by atoms with van der Waals surface area (Å²) in [6, 6.07) is -0.755. The molecule has 0 radical (unpaired) electrons. The molecule has 3 N–H and O–H groups in total. The lowest BCUT2D eigenvalue weighted by Crippen LogP contribution is -2.46. The lowest BCUT2D eigenvalue weighted by Gasteiger charge is -2.26. The van der Waals surface area contributed by atoms with E-state index in [1.54, 1.807) is 0 Å². The zero-order valence-corrected chi connectivity index (χ0v) is 48.7. The molecular weight excluding hydrogens is 888 g/mol. The summed E-state index contributed by atoms with van der Waals surface area (Å²) in [5.74, 6) is -0.138. The van der Waals surface area contributed by atoms with Gasteiger partial charge in [0.1, 0.15) is 13.2 Å². The molecule has 0 aliphatic heterocycles. The fraction of sp³-hybridized carbons (Fsp3) is 0.951. The van der Waals surface area contributed by atoms with Crippen LogP contribution in [0, 0.1) is 0 Å². The quantitative estimate of drug-likeness (QED) is 0.0243. The van der Waals surface area contributed by atoms with Crippen molar-refractivity contribution in [3.8, 4) is 0 Å². The van der Waals surface area contributed by atoms with Gasteiger partial charge in [-0.2, -0.15) is 0 Å². The Morgan fingerprint density at radius 1 is 0.471 bits per heavy atom. The van der Waals surface area contributed by atoms with Gasteiger partial charge in [-0.05, 0) is 38.5 Å². The van der Waals surface area contributed by atoms with Crippen LogP contribution in [0.3, 0.4) is 0 Å². The molecule has 0 aliphatic rings. The van der Waals surface area contributed by atoms with Gasteiger partial charge >= 0.3 is 7.82 Å². The van der Waals surface area contributed by atoms with Crippen LogP contribution in [-0.4, -0.2) is 73.4 Å². The highest BCUT2D eigenvalue weighted by molar-refractivity contribution is 7.47. The van der Waals surface area contributed by atoms with Crippen molar-refractivity contribution in [3.63, 3.8) is 0 Å². The molecule has 0 aliphatic carbocycles. The highest BCUT2D eigenvalue weighted by atomic mass is 31.2. The predicted molar refractivity (Wildman–Crippen MR) is 305 cm³/mol. The van der Waals surface area contributed by atoms with Gasteiger partial charge in [0.15, 0.2) is 0 Å². The molecule has 418 valence electrons. The number of unbranched alkanes of at least 4 members (excludes halogenated alkanes) is 43. The number of aliphatic hydroxyl groups excluding tert-OH is 1. The lowest BCUT2D eigenvalue weighted by molar-refractivity contribution is -0.870. The van der Waals surface area contributed by atoms with Crippen LogP contribution >= 0.6 is 7.82 Å². The highest BCUT2D eigenvalue weighted by Crippen LogP contribution is 2.43. The Balaban J connectivity index is 3.89. The van der Waals surface area contributed by atoms with Crippen LogP contribution in [0.1, 0.15) is 322 Å². The van der Waals surface area contributed by atoms with E-state index in [2.05, 4.69) is 31.3 Å². The molecule has 0 aromatic rings. The minimum absolute atomic E-state index is 0.0781. The van der Waals surface area contributed by atoms with Crippen LogP contribution in [0.15, 0.2) is 12.2 Å². The summed E-state index contributed by atoms with van der Waals surface area (Å²) in [6.07, 6.45) is 65.9. The average molecular weight is 1010 g/mol. The molecule has 0 fully saturated rings. The molecule has 0 heterocycles. The molecule has 3 unspecified atom stereocenters. The third kappa shape index (κ3) is 55.0. The first-order valence-electron chi connectivity index (χ1n) is 31.1. The van der Waals surface area contributed by atoms with Gasteiger partial charge in [-0.1, -0.05) is 289 Å². The molecule has 8 nitrogen and oxygen atoms in total. The molecule has 1 amide bonds. The molecule has 70 heavy (non-hydrogen) atoms. The first-order valence-corrected chi connectivity index (χ1v) is 32.5. The largest absolute Gasteiger partial charge is 0.472 e. The minimum Gasteiger partial charge on any atom is -0.391 e. The van der Waals surface area contributed by atoms with E-state index < -0.39 is 20.0 Å². The summed E-state index contributed by atoms with van der Waals surface area (Å²) in [6.45, 7) is 4.93. The second-order valence-electron chi connectivity index (χ2n) is 22.8. The van der Waals surface area contributed by atoms with Gasteiger partial charge in [0.2, 0.25) is 5.91 Å². The van der Waals surface area contributed by atoms with Crippen LogP contribution < -0.4 is 5.32 Å². The zero-order valence-electron chi connectivity index (χ0n) is 47.8. The lowest BCUT2D eigenvalue weighted by atomic mass is 10.0. The van der Waals surface area contributed by atoms with E-state index in [0.717, 1.165) is 38.5 Å². The van der Waals surface area contributed by atoms with Crippen molar-refractivity contribution in [2.45, 2.75) is 334 Å². The monoisotopic (exact) mass is 1010 g/mol. The second kappa shape index (κ2) is 53.1. The Labute approximate surface area is 437 Å². The van der Waals surface area contributed by atoms with Crippen molar-refractivity contribution in [3.05, 3.63) is 12.2 Å². The zero-order chi connectivity index (χ0) is 51.3. The Bertz CT molecular complexity index is 1150. The van der Waals surface area contributed by atoms with Gasteiger partial charge < -0.3 is 19.8 Å². The predicted octanol–water partition coefficient (Wildman–Crippen LogP) is 19.0. The van der Waals surface area contributed by atoms with E-state index in [1.807, 2.05) is 21.1 Å². The van der Waals surface area contributed by atoms with Crippen molar-refractivity contribution >= 4 is 13.7 Å². The molecule has 0 saturated carbocycles. The van der Waals surface area contributed by atoms with Crippen LogP contribution in [0.25, 0.3) is 0 Å². The molecule has 0 aromatic carbocycles. The van der Waals surface area contributed by atoms with Gasteiger partial charge in [-0.3, -0.25) is 13.8 Å². The van der Waals surface area contributed by atoms with Crippen LogP contribution in [0.2, 0.25) is 0 Å². The van der Waals surface area contributed by atoms with Gasteiger partial charge in [-0.25, -0.2) is 4.57 Å². The van der Waals surface area contributed by atoms with E-state index in [1.165, 1.54) is 257 Å². The maximum atomic E-state index is 13.0. The number of hydrogen-bond acceptors (Lipinski definition) is 5. The number of amides is 1. The number of rotatable bonds is 58. The van der Waals surface area contributed by atoms with E-state index in [-0.39, 0.29) is 19.1 Å². The SMILES string of the molecule is CCCCCCCCCC/C=C\CCCCCCCCCCCCCCCCCCCCCCCCCC(=O)NC(COP(=O)(O)OCC[N+](C)(C)C)C(O)CCCCCCCCCCCCCCC. The van der Waals surface area contributed by atoms with Gasteiger partial charge in [-0.15, -0.1) is 0 Å². The Kier molecular flexibility index (Phi) is 52.5. The van der Waals surface area contributed by atoms with Crippen molar-refractivity contribution in [1.82, 2.24) is 5.32 Å². The number of allylic oxidation sites excluding steroid dienone is 2. The van der Waals surface area contributed by atoms with Gasteiger partial charge in [0.25, 0.3) is 0 Å². The molecule has 0 saturated heterocycles. The van der Waals surface area contributed by atoms with E-state index in [4.69, 9.17) is 9.05 Å². The molecule has 0 spiro atoms. The molecule has 0 rings (SSSR count). The highest BCUT2D eigenvalue weighted by Gasteiger charge is 2.28. The molecular formula is C61H124N2O6P+. The van der Waals surface area contributed by atoms with Crippen LogP contribution in [0.4, 0.5) is 0 Å². The smallest absolute Gasteiger partial charge is 0.391 e. The summed E-state index contributed by atoms with van der Waals surface area (Å²) in [4.78, 5) is 23.3. The van der Waals surface area contributed by atoms with Crippen molar-refractivity contribution in [2.24, 2.45) is 0 Å². The maximum Gasteiger partial charge on any atom is 0.472 e. The van der Waals surface area contributed by atoms with Crippen LogP contribution in [-0.2, 0) is 18.4 Å².